The first kappa shape index (κ1) is 18.1. The maximum absolute atomic E-state index is 14.0. The number of halogens is 2. The highest BCUT2D eigenvalue weighted by molar-refractivity contribution is 5.92. The highest BCUT2D eigenvalue weighted by atomic mass is 19.3. The van der Waals surface area contributed by atoms with E-state index in [1.807, 2.05) is 0 Å². The number of aromatic amines is 1. The van der Waals surface area contributed by atoms with Crippen LogP contribution in [0.15, 0.2) is 23.1 Å². The van der Waals surface area contributed by atoms with E-state index in [0.717, 1.165) is 25.7 Å². The van der Waals surface area contributed by atoms with Crippen molar-refractivity contribution in [2.45, 2.75) is 63.7 Å². The number of aromatic nitrogens is 1. The Morgan fingerprint density at radius 3 is 2.48 bits per heavy atom. The molecule has 2 aliphatic rings. The van der Waals surface area contributed by atoms with E-state index >= 15 is 0 Å². The van der Waals surface area contributed by atoms with Gasteiger partial charge in [-0.1, -0.05) is 38.5 Å². The molecule has 1 unspecified atom stereocenters. The topological polar surface area (TPSA) is 62.0 Å². The van der Waals surface area contributed by atoms with Crippen LogP contribution in [-0.4, -0.2) is 16.8 Å². The predicted molar refractivity (Wildman–Crippen MR) is 92.7 cm³/mol. The summed E-state index contributed by atoms with van der Waals surface area (Å²) in [5.41, 5.74) is 0.177. The molecule has 1 aromatic heterocycles. The molecule has 0 aromatic carbocycles. The molecule has 2 fully saturated rings. The third kappa shape index (κ3) is 4.67. The summed E-state index contributed by atoms with van der Waals surface area (Å²) in [6, 6.07) is 2.81. The standard InChI is InChI=1S/C19H26F2N2O2/c20-19(21)10-9-15(13-5-3-1-2-4-6-13)16(11-19)18(25)23-14-7-8-17(24)22-12-14/h7-8,12-13,15-16H,1-6,9-11H2,(H,22,24)(H,23,25)/t15-,16?/m0/s1. The van der Waals surface area contributed by atoms with Gasteiger partial charge < -0.3 is 10.3 Å². The Balaban J connectivity index is 1.75. The van der Waals surface area contributed by atoms with Gasteiger partial charge in [0.05, 0.1) is 5.69 Å². The number of carbonyl (C=O) groups excluding carboxylic acids is 1. The van der Waals surface area contributed by atoms with Gasteiger partial charge in [0.15, 0.2) is 0 Å². The van der Waals surface area contributed by atoms with Gasteiger partial charge in [0.2, 0.25) is 17.4 Å². The molecule has 4 nitrogen and oxygen atoms in total. The zero-order chi connectivity index (χ0) is 17.9. The largest absolute Gasteiger partial charge is 0.327 e. The van der Waals surface area contributed by atoms with Gasteiger partial charge in [-0.2, -0.15) is 0 Å². The summed E-state index contributed by atoms with van der Waals surface area (Å²) in [5.74, 6) is -3.39. The van der Waals surface area contributed by atoms with Crippen molar-refractivity contribution in [3.63, 3.8) is 0 Å². The molecule has 0 aliphatic heterocycles. The molecule has 2 N–H and O–H groups in total. The van der Waals surface area contributed by atoms with Crippen molar-refractivity contribution in [1.82, 2.24) is 4.98 Å². The minimum Gasteiger partial charge on any atom is -0.327 e. The number of anilines is 1. The SMILES string of the molecule is O=C(Nc1ccc(=O)[nH]c1)C1CC(F)(F)CC[C@H]1C1CCCCCC1. The van der Waals surface area contributed by atoms with Gasteiger partial charge >= 0.3 is 0 Å². The van der Waals surface area contributed by atoms with E-state index in [1.54, 1.807) is 0 Å². The molecule has 1 heterocycles. The third-order valence-electron chi connectivity index (χ3n) is 5.77. The minimum atomic E-state index is -2.77. The van der Waals surface area contributed by atoms with Gasteiger partial charge in [-0.25, -0.2) is 8.78 Å². The number of nitrogens with one attached hydrogen (secondary N) is 2. The zero-order valence-electron chi connectivity index (χ0n) is 14.4. The van der Waals surface area contributed by atoms with E-state index in [1.165, 1.54) is 31.2 Å². The van der Waals surface area contributed by atoms with Gasteiger partial charge in [-0.05, 0) is 24.3 Å². The molecule has 2 atom stereocenters. The summed E-state index contributed by atoms with van der Waals surface area (Å²) in [6.45, 7) is 0. The zero-order valence-corrected chi connectivity index (χ0v) is 14.4. The normalized spacial score (nSPS) is 27.4. The lowest BCUT2D eigenvalue weighted by atomic mass is 9.68. The van der Waals surface area contributed by atoms with Crippen LogP contribution in [-0.2, 0) is 4.79 Å². The first-order chi connectivity index (χ1) is 11.9. The van der Waals surface area contributed by atoms with E-state index in [2.05, 4.69) is 10.3 Å². The molecule has 0 saturated heterocycles. The monoisotopic (exact) mass is 352 g/mol. The fourth-order valence-corrected chi connectivity index (χ4v) is 4.47. The molecule has 1 amide bonds. The van der Waals surface area contributed by atoms with Crippen LogP contribution >= 0.6 is 0 Å². The molecule has 2 aliphatic carbocycles. The average molecular weight is 352 g/mol. The molecule has 1 aromatic rings. The third-order valence-corrected chi connectivity index (χ3v) is 5.77. The van der Waals surface area contributed by atoms with E-state index in [4.69, 9.17) is 0 Å². The molecule has 0 bridgehead atoms. The maximum Gasteiger partial charge on any atom is 0.248 e. The van der Waals surface area contributed by atoms with Crippen molar-refractivity contribution in [3.8, 4) is 0 Å². The summed E-state index contributed by atoms with van der Waals surface area (Å²) < 4.78 is 28.0. The van der Waals surface area contributed by atoms with Crippen molar-refractivity contribution in [2.75, 3.05) is 5.32 Å². The van der Waals surface area contributed by atoms with Crippen LogP contribution in [0.25, 0.3) is 0 Å². The summed E-state index contributed by atoms with van der Waals surface area (Å²) in [6.07, 6.45) is 8.08. The van der Waals surface area contributed by atoms with Crippen LogP contribution in [0.2, 0.25) is 0 Å². The number of H-pyrrole nitrogens is 1. The number of amides is 1. The fraction of sp³-hybridized carbons (Fsp3) is 0.684. The molecular formula is C19H26F2N2O2. The van der Waals surface area contributed by atoms with Crippen LogP contribution in [0.1, 0.15) is 57.8 Å². The van der Waals surface area contributed by atoms with Crippen molar-refractivity contribution in [1.29, 1.82) is 0 Å². The quantitative estimate of drug-likeness (QED) is 0.795. The Bertz CT molecular complexity index is 631. The highest BCUT2D eigenvalue weighted by Crippen LogP contribution is 2.46. The summed E-state index contributed by atoms with van der Waals surface area (Å²) in [5, 5.41) is 2.72. The Morgan fingerprint density at radius 1 is 1.12 bits per heavy atom. The first-order valence-corrected chi connectivity index (χ1v) is 9.32. The van der Waals surface area contributed by atoms with E-state index in [-0.39, 0.29) is 30.2 Å². The molecule has 0 radical (unpaired) electrons. The molecule has 2 saturated carbocycles. The Labute approximate surface area is 146 Å². The Hall–Kier alpha value is -1.72. The van der Waals surface area contributed by atoms with Gasteiger partial charge in [0.1, 0.15) is 0 Å². The Kier molecular flexibility index (Phi) is 5.54. The lowest BCUT2D eigenvalue weighted by molar-refractivity contribution is -0.134. The molecule has 3 rings (SSSR count). The molecule has 0 spiro atoms. The smallest absolute Gasteiger partial charge is 0.248 e. The summed E-state index contributed by atoms with van der Waals surface area (Å²) >= 11 is 0. The average Bonchev–Trinajstić information content (AvgIpc) is 2.85. The maximum atomic E-state index is 14.0. The first-order valence-electron chi connectivity index (χ1n) is 9.32. The number of hydrogen-bond donors (Lipinski definition) is 2. The van der Waals surface area contributed by atoms with E-state index in [9.17, 15) is 18.4 Å². The van der Waals surface area contributed by atoms with Crippen LogP contribution in [0.4, 0.5) is 14.5 Å². The molecule has 138 valence electrons. The molecular weight excluding hydrogens is 326 g/mol. The van der Waals surface area contributed by atoms with Crippen molar-refractivity contribution < 1.29 is 13.6 Å². The second-order valence-electron chi connectivity index (χ2n) is 7.55. The van der Waals surface area contributed by atoms with Gasteiger partial charge in [0, 0.05) is 31.0 Å². The number of hydrogen-bond acceptors (Lipinski definition) is 2. The number of pyridine rings is 1. The minimum absolute atomic E-state index is 0.0282. The lowest BCUT2D eigenvalue weighted by Crippen LogP contribution is -2.42. The number of carbonyl (C=O) groups is 1. The molecule has 6 heteroatoms. The van der Waals surface area contributed by atoms with Gasteiger partial charge in [-0.15, -0.1) is 0 Å². The van der Waals surface area contributed by atoms with Crippen molar-refractivity contribution >= 4 is 11.6 Å². The lowest BCUT2D eigenvalue weighted by Gasteiger charge is -2.39. The fourth-order valence-electron chi connectivity index (χ4n) is 4.47. The van der Waals surface area contributed by atoms with Crippen molar-refractivity contribution in [3.05, 3.63) is 28.7 Å². The van der Waals surface area contributed by atoms with E-state index in [0.29, 0.717) is 18.0 Å². The highest BCUT2D eigenvalue weighted by Gasteiger charge is 2.46. The second-order valence-corrected chi connectivity index (χ2v) is 7.55. The van der Waals surface area contributed by atoms with Crippen LogP contribution < -0.4 is 10.9 Å². The van der Waals surface area contributed by atoms with Crippen molar-refractivity contribution in [2.24, 2.45) is 17.8 Å². The second kappa shape index (κ2) is 7.67. The number of alkyl halides is 2. The summed E-state index contributed by atoms with van der Waals surface area (Å²) in [7, 11) is 0. The van der Waals surface area contributed by atoms with Gasteiger partial charge in [-0.3, -0.25) is 9.59 Å². The van der Waals surface area contributed by atoms with Gasteiger partial charge in [0.25, 0.3) is 0 Å². The summed E-state index contributed by atoms with van der Waals surface area (Å²) in [4.78, 5) is 26.3. The Morgan fingerprint density at radius 2 is 1.84 bits per heavy atom. The van der Waals surface area contributed by atoms with Crippen LogP contribution in [0.3, 0.4) is 0 Å². The van der Waals surface area contributed by atoms with Crippen LogP contribution in [0, 0.1) is 17.8 Å². The predicted octanol–water partition coefficient (Wildman–Crippen LogP) is 4.34. The van der Waals surface area contributed by atoms with Crippen LogP contribution in [0.5, 0.6) is 0 Å². The van der Waals surface area contributed by atoms with E-state index < -0.39 is 11.8 Å². The molecule has 25 heavy (non-hydrogen) atoms. The number of rotatable bonds is 3.